The number of ether oxygens (including phenoxy) is 3. The number of aromatic nitrogens is 4. The average molecular weight is 879 g/mol. The molecule has 18 heteroatoms. The van der Waals surface area contributed by atoms with Crippen LogP contribution in [0.3, 0.4) is 0 Å². The Bertz CT molecular complexity index is 2270. The molecule has 2 aliphatic heterocycles. The van der Waals surface area contributed by atoms with Gasteiger partial charge in [-0.25, -0.2) is 29.1 Å². The summed E-state index contributed by atoms with van der Waals surface area (Å²) in [5.74, 6) is -0.450. The molecule has 17 nitrogen and oxygen atoms in total. The number of aromatic carboxylic acids is 1. The maximum Gasteiger partial charge on any atom is 1.00 e. The number of hydrogen-bond acceptors (Lipinski definition) is 12. The van der Waals surface area contributed by atoms with E-state index in [0.29, 0.717) is 78.3 Å². The third-order valence-electron chi connectivity index (χ3n) is 10.1. The molecular formula is C46H59LiN6O11. The Kier molecular flexibility index (Phi) is 18.3. The number of nitrogens with zero attached hydrogens (tertiary/aromatic N) is 4. The van der Waals surface area contributed by atoms with Crippen LogP contribution in [0, 0.1) is 0 Å². The number of rotatable bonds is 9. The van der Waals surface area contributed by atoms with E-state index in [0.717, 1.165) is 31.2 Å². The minimum atomic E-state index is -1.01. The van der Waals surface area contributed by atoms with Crippen molar-refractivity contribution >= 4 is 35.7 Å². The molecule has 340 valence electrons. The van der Waals surface area contributed by atoms with E-state index >= 15 is 0 Å². The molecule has 2 fully saturated rings. The number of carbonyl (C=O) groups excluding carboxylic acids is 5. The van der Waals surface area contributed by atoms with Crippen molar-refractivity contribution in [2.75, 3.05) is 32.8 Å². The normalized spacial score (nSPS) is 16.2. The smallest absolute Gasteiger partial charge is 0.870 e. The third-order valence-corrected chi connectivity index (χ3v) is 10.1. The zero-order chi connectivity index (χ0) is 45.5. The second-order valence-electron chi connectivity index (χ2n) is 17.5. The Morgan fingerprint density at radius 3 is 1.38 bits per heavy atom. The number of imidazole rings is 2. The molecule has 4 aromatic rings. The zero-order valence-corrected chi connectivity index (χ0v) is 38.5. The van der Waals surface area contributed by atoms with Crippen LogP contribution in [0.25, 0.3) is 22.5 Å². The van der Waals surface area contributed by atoms with Gasteiger partial charge >= 0.3 is 43.0 Å². The molecule has 6 rings (SSSR count). The monoisotopic (exact) mass is 878 g/mol. The maximum absolute atomic E-state index is 12.5. The average Bonchev–Trinajstić information content (AvgIpc) is 3.87. The predicted molar refractivity (Wildman–Crippen MR) is 232 cm³/mol. The number of piperidine rings is 2. The van der Waals surface area contributed by atoms with Gasteiger partial charge in [0.2, 0.25) is 0 Å². The van der Waals surface area contributed by atoms with Gasteiger partial charge in [-0.1, -0.05) is 24.3 Å². The summed E-state index contributed by atoms with van der Waals surface area (Å²) in [6, 6.07) is 13.1. The minimum Gasteiger partial charge on any atom is -0.870 e. The summed E-state index contributed by atoms with van der Waals surface area (Å²) in [5.41, 5.74) is 2.70. The fraction of sp³-hybridized carbons (Fsp3) is 0.478. The number of carbonyl (C=O) groups is 6. The molecule has 2 aromatic carbocycles. The molecule has 64 heavy (non-hydrogen) atoms. The first kappa shape index (κ1) is 52.6. The topological polar surface area (TPSA) is 244 Å². The van der Waals surface area contributed by atoms with E-state index in [2.05, 4.69) is 15.0 Å². The molecule has 0 aliphatic carbocycles. The summed E-state index contributed by atoms with van der Waals surface area (Å²) >= 11 is 0. The van der Waals surface area contributed by atoms with Crippen LogP contribution in [-0.2, 0) is 14.2 Å². The second kappa shape index (κ2) is 22.2. The van der Waals surface area contributed by atoms with Gasteiger partial charge < -0.3 is 44.6 Å². The Labute approximate surface area is 385 Å². The van der Waals surface area contributed by atoms with Gasteiger partial charge in [0.05, 0.1) is 29.1 Å². The number of Topliss-reactive ketones (excluding diaryl/α,β-unsaturated/α-hetero) is 2. The Hall–Kier alpha value is -5.76. The van der Waals surface area contributed by atoms with Gasteiger partial charge in [0.15, 0.2) is 11.6 Å². The standard InChI is InChI=1S/C24H31N3O5.C22H27N3O5.Li.H2O/c1-6-31-22(29)17-11-9-16(10-12-17)20-19(15(2)28)25-21(26-20)18-8-7-13-27(14-18)23(30)32-24(3,4)5;1-13(26)17-18(14-7-9-15(10-8-14)20(27)28)24-19(23-17)16-6-5-11-25(12-16)21(29)30-22(2,3)4;;/h9-12,18H,6-8,13-14H2,1-5H3,(H,25,26);7-10,16H,5-6,11-12H2,1-4H3,(H,23,24)(H,27,28);;1H2/q;;+1;/p-1/t18-;16-;;/m11../s1. The summed E-state index contributed by atoms with van der Waals surface area (Å²) < 4.78 is 16.0. The molecule has 0 spiro atoms. The number of ketones is 2. The molecular weight excluding hydrogens is 819 g/mol. The SMILES string of the molecule is CC(=O)c1[nH]c([C@@H]2CCCN(C(=O)OC(C)(C)C)C2)nc1-c1ccc(C(=O)O)cc1.CCOC(=O)c1ccc(-c2nc([C@@H]3CCCN(C(=O)OC(C)(C)C)C3)[nH]c2C(C)=O)cc1.[Li+].[OH-]. The number of amides is 2. The summed E-state index contributed by atoms with van der Waals surface area (Å²) in [4.78, 5) is 91.5. The molecule has 4 N–H and O–H groups in total. The molecule has 0 bridgehead atoms. The van der Waals surface area contributed by atoms with Gasteiger partial charge in [-0.3, -0.25) is 9.59 Å². The zero-order valence-electron chi connectivity index (χ0n) is 38.5. The maximum atomic E-state index is 12.5. The molecule has 2 saturated heterocycles. The van der Waals surface area contributed by atoms with Crippen molar-refractivity contribution in [2.45, 2.75) is 111 Å². The van der Waals surface area contributed by atoms with Crippen LogP contribution >= 0.6 is 0 Å². The molecule has 0 radical (unpaired) electrons. The number of benzene rings is 2. The fourth-order valence-corrected chi connectivity index (χ4v) is 7.23. The number of nitrogens with one attached hydrogen (secondary N) is 2. The number of hydrogen-bond donors (Lipinski definition) is 3. The van der Waals surface area contributed by atoms with Gasteiger partial charge in [-0.15, -0.1) is 0 Å². The van der Waals surface area contributed by atoms with Crippen molar-refractivity contribution < 1.29 is 72.4 Å². The summed E-state index contributed by atoms with van der Waals surface area (Å²) in [6.07, 6.45) is 2.63. The molecule has 2 atom stereocenters. The Morgan fingerprint density at radius 2 is 1.05 bits per heavy atom. The number of aromatic amines is 2. The molecule has 2 amide bonds. The van der Waals surface area contributed by atoms with E-state index in [4.69, 9.17) is 24.3 Å². The van der Waals surface area contributed by atoms with Gasteiger partial charge in [-0.2, -0.15) is 0 Å². The minimum absolute atomic E-state index is 0. The van der Waals surface area contributed by atoms with Gasteiger partial charge in [0.1, 0.15) is 34.2 Å². The first-order valence-corrected chi connectivity index (χ1v) is 20.9. The van der Waals surface area contributed by atoms with Crippen LogP contribution < -0.4 is 18.9 Å². The second-order valence-corrected chi connectivity index (χ2v) is 17.5. The molecule has 2 aliphatic rings. The number of likely N-dealkylation sites (tertiary alicyclic amines) is 2. The van der Waals surface area contributed by atoms with Crippen LogP contribution in [0.2, 0.25) is 0 Å². The van der Waals surface area contributed by atoms with Crippen molar-refractivity contribution in [1.29, 1.82) is 0 Å². The summed E-state index contributed by atoms with van der Waals surface area (Å²) in [5, 5.41) is 9.09. The molecule has 4 heterocycles. The van der Waals surface area contributed by atoms with Crippen LogP contribution in [0.5, 0.6) is 0 Å². The largest absolute Gasteiger partial charge is 1.00 e. The van der Waals surface area contributed by atoms with E-state index in [1.165, 1.54) is 26.0 Å². The van der Waals surface area contributed by atoms with E-state index in [1.54, 1.807) is 53.1 Å². The number of H-pyrrole nitrogens is 2. The van der Waals surface area contributed by atoms with E-state index in [9.17, 15) is 28.8 Å². The van der Waals surface area contributed by atoms with Crippen molar-refractivity contribution in [3.8, 4) is 22.5 Å². The van der Waals surface area contributed by atoms with Crippen LogP contribution in [0.4, 0.5) is 9.59 Å². The van der Waals surface area contributed by atoms with Gasteiger partial charge in [0, 0.05) is 63.0 Å². The predicted octanol–water partition coefficient (Wildman–Crippen LogP) is 5.49. The molecule has 0 unspecified atom stereocenters. The summed E-state index contributed by atoms with van der Waals surface area (Å²) in [6.45, 7) is 18.2. The van der Waals surface area contributed by atoms with Crippen molar-refractivity contribution in [2.24, 2.45) is 0 Å². The van der Waals surface area contributed by atoms with Crippen molar-refractivity contribution in [1.82, 2.24) is 29.7 Å². The van der Waals surface area contributed by atoms with E-state index < -0.39 is 23.1 Å². The molecule has 0 saturated carbocycles. The van der Waals surface area contributed by atoms with Gasteiger partial charge in [-0.05, 0) is 98.4 Å². The Balaban J connectivity index is 0.000000331. The Morgan fingerprint density at radius 1 is 0.672 bits per heavy atom. The molecule has 2 aromatic heterocycles. The number of carboxylic acids is 1. The van der Waals surface area contributed by atoms with Gasteiger partial charge in [0.25, 0.3) is 0 Å². The van der Waals surface area contributed by atoms with E-state index in [1.807, 2.05) is 41.5 Å². The quantitative estimate of drug-likeness (QED) is 0.0816. The number of esters is 1. The first-order chi connectivity index (χ1) is 29.1. The van der Waals surface area contributed by atoms with Crippen LogP contribution in [0.1, 0.15) is 153 Å². The number of carboxylic acid groups (broad SMARTS) is 1. The van der Waals surface area contributed by atoms with Crippen molar-refractivity contribution in [3.05, 3.63) is 82.7 Å². The third kappa shape index (κ3) is 13.9. The fourth-order valence-electron chi connectivity index (χ4n) is 7.23. The summed E-state index contributed by atoms with van der Waals surface area (Å²) in [7, 11) is 0. The van der Waals surface area contributed by atoms with Crippen LogP contribution in [0.15, 0.2) is 48.5 Å². The van der Waals surface area contributed by atoms with Crippen LogP contribution in [-0.4, -0.2) is 120 Å². The van der Waals surface area contributed by atoms with Crippen molar-refractivity contribution in [3.63, 3.8) is 0 Å². The van der Waals surface area contributed by atoms with E-state index in [-0.39, 0.29) is 65.5 Å². The first-order valence-electron chi connectivity index (χ1n) is 20.9.